The number of aliphatic hydroxyl groups is 2. The number of carbonyl (C=O) groups is 6. The molecule has 4 amide bonds. The van der Waals surface area contributed by atoms with Crippen LogP contribution in [0.1, 0.15) is 22.5 Å². The monoisotopic (exact) mass is 862 g/mol. The molecule has 62 heavy (non-hydrogen) atoms. The SMILES string of the molecule is O=C1C(=O)N2c3ccccc3NC(=O)C2(Cc2nc3ccccc3nc2CC23C(=O)Nc4ccccc4N2C(=O)C(=O)/C3=C(/O)c2ccc(Cl)cc2)/C1=C(\O)c1ccc(Cl)cc1. The lowest BCUT2D eigenvalue weighted by Gasteiger charge is -2.43. The van der Waals surface area contributed by atoms with Crippen molar-refractivity contribution in [2.75, 3.05) is 20.4 Å². The van der Waals surface area contributed by atoms with Gasteiger partial charge >= 0.3 is 11.8 Å². The molecule has 6 aromatic rings. The molecule has 10 rings (SSSR count). The van der Waals surface area contributed by atoms with Crippen LogP contribution in [0.2, 0.25) is 10.0 Å². The van der Waals surface area contributed by atoms with E-state index in [4.69, 9.17) is 33.2 Å². The summed E-state index contributed by atoms with van der Waals surface area (Å²) < 4.78 is 0. The topological polar surface area (TPSA) is 199 Å². The lowest BCUT2D eigenvalue weighted by Crippen LogP contribution is -2.61. The average molecular weight is 864 g/mol. The Balaban J connectivity index is 1.25. The normalized spacial score (nSPS) is 21.9. The van der Waals surface area contributed by atoms with Gasteiger partial charge in [0.2, 0.25) is 0 Å². The van der Waals surface area contributed by atoms with Crippen molar-refractivity contribution in [3.63, 3.8) is 0 Å². The molecule has 4 aliphatic heterocycles. The van der Waals surface area contributed by atoms with E-state index in [-0.39, 0.29) is 45.3 Å². The maximum absolute atomic E-state index is 14.9. The summed E-state index contributed by atoms with van der Waals surface area (Å²) in [5.74, 6) is -7.66. The van der Waals surface area contributed by atoms with Crippen LogP contribution in [-0.4, -0.2) is 66.5 Å². The van der Waals surface area contributed by atoms with Crippen LogP contribution in [0, 0.1) is 0 Å². The first kappa shape index (κ1) is 38.5. The second-order valence-electron chi connectivity index (χ2n) is 15.0. The van der Waals surface area contributed by atoms with Gasteiger partial charge in [0.15, 0.2) is 11.1 Å². The molecule has 0 saturated carbocycles. The highest BCUT2D eigenvalue weighted by molar-refractivity contribution is 6.56. The van der Waals surface area contributed by atoms with E-state index >= 15 is 0 Å². The number of aromatic nitrogens is 2. The molecule has 1 aromatic heterocycles. The molecule has 304 valence electrons. The highest BCUT2D eigenvalue weighted by Crippen LogP contribution is 2.51. The van der Waals surface area contributed by atoms with E-state index in [2.05, 4.69) is 10.6 Å². The second kappa shape index (κ2) is 13.9. The molecule has 2 saturated heterocycles. The highest BCUT2D eigenvalue weighted by Gasteiger charge is 2.66. The van der Waals surface area contributed by atoms with Gasteiger partial charge in [-0.25, -0.2) is 9.97 Å². The minimum Gasteiger partial charge on any atom is -0.507 e. The number of anilines is 4. The molecule has 2 unspecified atom stereocenters. The number of Topliss-reactive ketones (excluding diaryl/α,β-unsaturated/α-hetero) is 2. The van der Waals surface area contributed by atoms with Gasteiger partial charge in [-0.3, -0.25) is 38.6 Å². The van der Waals surface area contributed by atoms with Crippen LogP contribution >= 0.6 is 23.2 Å². The first-order valence-corrected chi connectivity index (χ1v) is 19.8. The molecule has 0 spiro atoms. The summed E-state index contributed by atoms with van der Waals surface area (Å²) in [6.07, 6.45) is -1.24. The minimum atomic E-state index is -2.33. The van der Waals surface area contributed by atoms with Crippen molar-refractivity contribution in [2.45, 2.75) is 23.9 Å². The second-order valence-corrected chi connectivity index (χ2v) is 15.9. The molecule has 4 N–H and O–H groups in total. The Morgan fingerprint density at radius 1 is 0.516 bits per heavy atom. The number of nitrogens with one attached hydrogen (secondary N) is 2. The van der Waals surface area contributed by atoms with E-state index in [0.29, 0.717) is 21.1 Å². The summed E-state index contributed by atoms with van der Waals surface area (Å²) in [6, 6.07) is 30.9. The van der Waals surface area contributed by atoms with Crippen molar-refractivity contribution in [1.29, 1.82) is 0 Å². The Bertz CT molecular complexity index is 2910. The predicted octanol–water partition coefficient (Wildman–Crippen LogP) is 6.57. The van der Waals surface area contributed by atoms with Crippen LogP contribution in [0.25, 0.3) is 22.6 Å². The number of amides is 4. The van der Waals surface area contributed by atoms with Crippen LogP contribution in [-0.2, 0) is 41.6 Å². The number of ketones is 2. The van der Waals surface area contributed by atoms with Gasteiger partial charge in [0.05, 0.1) is 56.3 Å². The fraction of sp³-hybridized carbons (Fsp3) is 0.0870. The zero-order valence-electron chi connectivity index (χ0n) is 31.8. The predicted molar refractivity (Wildman–Crippen MR) is 230 cm³/mol. The third-order valence-corrected chi connectivity index (χ3v) is 12.2. The first-order valence-electron chi connectivity index (χ1n) is 19.1. The van der Waals surface area contributed by atoms with Crippen molar-refractivity contribution in [3.8, 4) is 0 Å². The van der Waals surface area contributed by atoms with Crippen molar-refractivity contribution < 1.29 is 39.0 Å². The third kappa shape index (κ3) is 5.43. The van der Waals surface area contributed by atoms with Crippen molar-refractivity contribution >= 4 is 104 Å². The fourth-order valence-electron chi connectivity index (χ4n) is 8.87. The summed E-state index contributed by atoms with van der Waals surface area (Å²) in [4.78, 5) is 99.1. The number of hydrogen-bond acceptors (Lipinski definition) is 10. The Labute approximate surface area is 360 Å². The number of aliphatic hydroxyl groups excluding tert-OH is 2. The Morgan fingerprint density at radius 2 is 0.871 bits per heavy atom. The molecular weight excluding hydrogens is 835 g/mol. The number of hydrogen-bond donors (Lipinski definition) is 4. The van der Waals surface area contributed by atoms with Gasteiger partial charge in [-0.2, -0.15) is 0 Å². The standard InChI is InChI=1S/C46H28Cl2N6O8/c47-25-17-13-23(14-18-25)37(55)35-39(57)41(59)53-33-11-5-3-9-29(33)51-43(61)45(35,53)21-31-32(50-28-8-2-1-7-27(28)49-31)22-46-36(38(56)24-15-19-26(48)20-16-24)40(58)42(60)54(46)34-12-6-4-10-30(34)52-44(46)62/h1-20,55-56H,21-22H2,(H,51,61)(H,52,62)/b37-35-,38-36-. The summed E-state index contributed by atoms with van der Waals surface area (Å²) in [5.41, 5.74) is -4.39. The van der Waals surface area contributed by atoms with E-state index in [0.717, 1.165) is 9.80 Å². The van der Waals surface area contributed by atoms with Gasteiger partial charge in [0.1, 0.15) is 11.5 Å². The van der Waals surface area contributed by atoms with E-state index in [9.17, 15) is 39.0 Å². The number of benzene rings is 5. The molecule has 2 fully saturated rings. The summed E-state index contributed by atoms with van der Waals surface area (Å²) in [6.45, 7) is 0. The highest BCUT2D eigenvalue weighted by atomic mass is 35.5. The van der Waals surface area contributed by atoms with Crippen molar-refractivity contribution in [1.82, 2.24) is 9.97 Å². The van der Waals surface area contributed by atoms with E-state index in [1.165, 1.54) is 60.7 Å². The van der Waals surface area contributed by atoms with Crippen LogP contribution in [0.4, 0.5) is 22.7 Å². The quantitative estimate of drug-likeness (QED) is 0.0807. The zero-order valence-corrected chi connectivity index (χ0v) is 33.4. The van der Waals surface area contributed by atoms with Gasteiger partial charge in [-0.05, 0) is 84.9 Å². The van der Waals surface area contributed by atoms with Gasteiger partial charge < -0.3 is 20.8 Å². The Kier molecular flexibility index (Phi) is 8.66. The Hall–Kier alpha value is -7.68. The van der Waals surface area contributed by atoms with Crippen LogP contribution in [0.15, 0.2) is 132 Å². The van der Waals surface area contributed by atoms with Gasteiger partial charge in [-0.15, -0.1) is 0 Å². The van der Waals surface area contributed by atoms with Crippen LogP contribution in [0.3, 0.4) is 0 Å². The first-order chi connectivity index (χ1) is 29.8. The van der Waals surface area contributed by atoms with Gasteiger partial charge in [-0.1, -0.05) is 59.6 Å². The minimum absolute atomic E-state index is 0.0507. The van der Waals surface area contributed by atoms with Gasteiger partial charge in [0.25, 0.3) is 23.4 Å². The van der Waals surface area contributed by atoms with Crippen LogP contribution < -0.4 is 20.4 Å². The third-order valence-electron chi connectivity index (χ3n) is 11.7. The molecule has 2 atom stereocenters. The summed E-state index contributed by atoms with van der Waals surface area (Å²) >= 11 is 12.3. The fourth-order valence-corrected chi connectivity index (χ4v) is 9.12. The number of nitrogens with zero attached hydrogens (tertiary/aromatic N) is 4. The largest absolute Gasteiger partial charge is 0.507 e. The lowest BCUT2D eigenvalue weighted by molar-refractivity contribution is -0.132. The molecule has 0 radical (unpaired) electrons. The Morgan fingerprint density at radius 3 is 1.26 bits per heavy atom. The zero-order chi connectivity index (χ0) is 43.2. The van der Waals surface area contributed by atoms with Crippen molar-refractivity contribution in [2.24, 2.45) is 0 Å². The summed E-state index contributed by atoms with van der Waals surface area (Å²) in [7, 11) is 0. The molecule has 4 aliphatic rings. The number of rotatable bonds is 6. The average Bonchev–Trinajstić information content (AvgIpc) is 3.64. The molecular formula is C46H28Cl2N6O8. The van der Waals surface area contributed by atoms with Crippen molar-refractivity contribution in [3.05, 3.63) is 165 Å². The van der Waals surface area contributed by atoms with E-state index in [1.54, 1.807) is 60.7 Å². The van der Waals surface area contributed by atoms with Gasteiger partial charge in [0, 0.05) is 34.0 Å². The maximum atomic E-state index is 14.9. The molecule has 16 heteroatoms. The van der Waals surface area contributed by atoms with E-state index < -0.39 is 81.8 Å². The maximum Gasteiger partial charge on any atom is 0.300 e. The number of fused-ring (bicyclic) bond motifs is 7. The van der Waals surface area contributed by atoms with E-state index in [1.807, 2.05) is 0 Å². The molecule has 14 nitrogen and oxygen atoms in total. The molecule has 0 aliphatic carbocycles. The number of halogens is 2. The molecule has 5 heterocycles. The summed E-state index contributed by atoms with van der Waals surface area (Å²) in [5, 5.41) is 30.3. The molecule has 5 aromatic carbocycles. The number of para-hydroxylation sites is 6. The van der Waals surface area contributed by atoms with Crippen LogP contribution in [0.5, 0.6) is 0 Å². The lowest BCUT2D eigenvalue weighted by atomic mass is 9.77. The molecule has 0 bridgehead atoms. The number of carbonyl (C=O) groups excluding carboxylic acids is 6. The smallest absolute Gasteiger partial charge is 0.300 e.